The summed E-state index contributed by atoms with van der Waals surface area (Å²) >= 11 is 0. The molecule has 2 aromatic rings. The molecule has 1 aromatic carbocycles. The van der Waals surface area contributed by atoms with Gasteiger partial charge < -0.3 is 4.74 Å². The smallest absolute Gasteiger partial charge is 0.406 e. The number of hydrogen-bond acceptors (Lipinski definition) is 5. The van der Waals surface area contributed by atoms with Crippen LogP contribution in [0, 0.1) is 0 Å². The van der Waals surface area contributed by atoms with Crippen LogP contribution in [0.15, 0.2) is 41.8 Å². The van der Waals surface area contributed by atoms with E-state index in [0.29, 0.717) is 12.8 Å². The fourth-order valence-corrected chi connectivity index (χ4v) is 5.95. The Morgan fingerprint density at radius 3 is 2.19 bits per heavy atom. The first-order chi connectivity index (χ1) is 12.7. The summed E-state index contributed by atoms with van der Waals surface area (Å²) in [5.74, 6) is -0.450. The third-order valence-corrected chi connectivity index (χ3v) is 7.10. The fraction of sp³-hybridized carbons (Fsp3) is 0.500. The lowest BCUT2D eigenvalue weighted by atomic mass is 10.0. The second kappa shape index (κ2) is 6.48. The van der Waals surface area contributed by atoms with Crippen molar-refractivity contribution >= 4 is 10.0 Å². The highest BCUT2D eigenvalue weighted by molar-refractivity contribution is 7.89. The van der Waals surface area contributed by atoms with Gasteiger partial charge >= 0.3 is 6.36 Å². The van der Waals surface area contributed by atoms with E-state index < -0.39 is 22.1 Å². The van der Waals surface area contributed by atoms with Gasteiger partial charge in [-0.1, -0.05) is 0 Å². The molecule has 2 saturated heterocycles. The van der Waals surface area contributed by atoms with Crippen molar-refractivity contribution in [3.63, 3.8) is 0 Å². The van der Waals surface area contributed by atoms with Gasteiger partial charge in [0.2, 0.25) is 10.0 Å². The van der Waals surface area contributed by atoms with Crippen molar-refractivity contribution in [2.75, 3.05) is 0 Å². The Balaban J connectivity index is 1.54. The molecule has 0 saturated carbocycles. The van der Waals surface area contributed by atoms with Crippen LogP contribution in [0.25, 0.3) is 0 Å². The minimum atomic E-state index is -4.82. The van der Waals surface area contributed by atoms with Crippen molar-refractivity contribution in [3.8, 4) is 5.75 Å². The van der Waals surface area contributed by atoms with Crippen LogP contribution >= 0.6 is 0 Å². The summed E-state index contributed by atoms with van der Waals surface area (Å²) < 4.78 is 70.0. The van der Waals surface area contributed by atoms with Gasteiger partial charge in [-0.2, -0.15) is 9.40 Å². The maximum Gasteiger partial charge on any atom is 0.573 e. The number of nitrogens with zero attached hydrogens (tertiary/aromatic N) is 4. The van der Waals surface area contributed by atoms with Gasteiger partial charge in [0, 0.05) is 12.1 Å². The standard InChI is InChI=1S/C16H17F3N4O3S/c17-16(18,19)26-14-3-5-15(6-4-14)27(24,25)23-11-1-2-12(23)8-13(7-11)22-10-20-9-21-22/h3-6,9-13H,1-2,7-8H2. The predicted octanol–water partition coefficient (Wildman–Crippen LogP) is 2.73. The lowest BCUT2D eigenvalue weighted by molar-refractivity contribution is -0.274. The van der Waals surface area contributed by atoms with E-state index in [1.54, 1.807) is 11.0 Å². The van der Waals surface area contributed by atoms with E-state index in [1.165, 1.54) is 10.6 Å². The maximum absolute atomic E-state index is 13.1. The highest BCUT2D eigenvalue weighted by Gasteiger charge is 2.47. The van der Waals surface area contributed by atoms with Crippen molar-refractivity contribution in [1.82, 2.24) is 19.1 Å². The van der Waals surface area contributed by atoms with Crippen LogP contribution in [-0.4, -0.2) is 45.9 Å². The molecule has 7 nitrogen and oxygen atoms in total. The van der Waals surface area contributed by atoms with Crippen LogP contribution in [0.1, 0.15) is 31.7 Å². The molecule has 146 valence electrons. The molecule has 2 aliphatic rings. The monoisotopic (exact) mass is 402 g/mol. The van der Waals surface area contributed by atoms with Gasteiger partial charge in [-0.3, -0.25) is 0 Å². The zero-order valence-corrected chi connectivity index (χ0v) is 14.9. The zero-order chi connectivity index (χ0) is 19.2. The van der Waals surface area contributed by atoms with Gasteiger partial charge in [-0.05, 0) is 49.9 Å². The molecule has 2 bridgehead atoms. The van der Waals surface area contributed by atoms with Crippen molar-refractivity contribution < 1.29 is 26.3 Å². The summed E-state index contributed by atoms with van der Waals surface area (Å²) in [5.41, 5.74) is 0. The summed E-state index contributed by atoms with van der Waals surface area (Å²) in [5, 5.41) is 4.15. The van der Waals surface area contributed by atoms with Crippen molar-refractivity contribution in [2.24, 2.45) is 0 Å². The molecule has 4 rings (SSSR count). The molecular formula is C16H17F3N4O3S. The molecule has 0 radical (unpaired) electrons. The Hall–Kier alpha value is -2.14. The van der Waals surface area contributed by atoms with Crippen molar-refractivity contribution in [1.29, 1.82) is 0 Å². The number of aromatic nitrogens is 3. The molecule has 2 fully saturated rings. The van der Waals surface area contributed by atoms with Gasteiger partial charge in [-0.15, -0.1) is 13.2 Å². The second-order valence-corrected chi connectivity index (χ2v) is 8.58. The first-order valence-electron chi connectivity index (χ1n) is 8.47. The van der Waals surface area contributed by atoms with Gasteiger partial charge in [-0.25, -0.2) is 18.1 Å². The highest BCUT2D eigenvalue weighted by atomic mass is 32.2. The van der Waals surface area contributed by atoms with E-state index in [0.717, 1.165) is 37.1 Å². The molecule has 1 aromatic heterocycles. The van der Waals surface area contributed by atoms with E-state index in [1.807, 2.05) is 0 Å². The number of rotatable bonds is 4. The number of ether oxygens (including phenoxy) is 1. The lowest BCUT2D eigenvalue weighted by Gasteiger charge is -2.37. The van der Waals surface area contributed by atoms with Crippen molar-refractivity contribution in [3.05, 3.63) is 36.9 Å². The minimum absolute atomic E-state index is 0.0341. The third kappa shape index (κ3) is 3.53. The molecule has 0 spiro atoms. The van der Waals surface area contributed by atoms with Crippen LogP contribution < -0.4 is 4.74 Å². The average Bonchev–Trinajstić information content (AvgIpc) is 3.21. The van der Waals surface area contributed by atoms with Crippen LogP contribution in [0.2, 0.25) is 0 Å². The van der Waals surface area contributed by atoms with E-state index in [4.69, 9.17) is 0 Å². The van der Waals surface area contributed by atoms with Gasteiger partial charge in [0.25, 0.3) is 0 Å². The molecular weight excluding hydrogens is 385 g/mol. The summed E-state index contributed by atoms with van der Waals surface area (Å²) in [6, 6.07) is 4.12. The number of sulfonamides is 1. The molecule has 2 aliphatic heterocycles. The largest absolute Gasteiger partial charge is 0.573 e. The van der Waals surface area contributed by atoms with E-state index in [-0.39, 0.29) is 23.0 Å². The Kier molecular flexibility index (Phi) is 4.38. The molecule has 0 amide bonds. The summed E-state index contributed by atoms with van der Waals surface area (Å²) in [4.78, 5) is 3.91. The van der Waals surface area contributed by atoms with Gasteiger partial charge in [0.1, 0.15) is 18.4 Å². The second-order valence-electron chi connectivity index (χ2n) is 6.74. The molecule has 2 atom stereocenters. The summed E-state index contributed by atoms with van der Waals surface area (Å²) in [6.45, 7) is 0. The van der Waals surface area contributed by atoms with Crippen LogP contribution in [0.4, 0.5) is 13.2 Å². The normalized spacial score (nSPS) is 26.3. The molecule has 0 aliphatic carbocycles. The number of alkyl halides is 3. The topological polar surface area (TPSA) is 77.3 Å². The average molecular weight is 402 g/mol. The molecule has 27 heavy (non-hydrogen) atoms. The Morgan fingerprint density at radius 2 is 1.67 bits per heavy atom. The first kappa shape index (κ1) is 18.2. The van der Waals surface area contributed by atoms with Crippen LogP contribution in [-0.2, 0) is 10.0 Å². The number of fused-ring (bicyclic) bond motifs is 2. The first-order valence-corrected chi connectivity index (χ1v) is 9.91. The van der Waals surface area contributed by atoms with E-state index >= 15 is 0 Å². The Morgan fingerprint density at radius 1 is 1.04 bits per heavy atom. The van der Waals surface area contributed by atoms with E-state index in [2.05, 4.69) is 14.8 Å². The quantitative estimate of drug-likeness (QED) is 0.786. The predicted molar refractivity (Wildman–Crippen MR) is 87.3 cm³/mol. The van der Waals surface area contributed by atoms with Crippen molar-refractivity contribution in [2.45, 2.75) is 55.1 Å². The molecule has 11 heteroatoms. The summed E-state index contributed by atoms with van der Waals surface area (Å²) in [7, 11) is -3.80. The molecule has 0 N–H and O–H groups in total. The number of hydrogen-bond donors (Lipinski definition) is 0. The molecule has 2 unspecified atom stereocenters. The number of halogens is 3. The highest BCUT2D eigenvalue weighted by Crippen LogP contribution is 2.43. The Bertz CT molecular complexity index is 886. The molecule has 3 heterocycles. The minimum Gasteiger partial charge on any atom is -0.406 e. The Labute approximate surface area is 153 Å². The fourth-order valence-electron chi connectivity index (χ4n) is 4.05. The van der Waals surface area contributed by atoms with Crippen LogP contribution in [0.5, 0.6) is 5.75 Å². The van der Waals surface area contributed by atoms with E-state index in [9.17, 15) is 21.6 Å². The summed E-state index contributed by atoms with van der Waals surface area (Å²) in [6.07, 6.45) is 1.05. The van der Waals surface area contributed by atoms with Gasteiger partial charge in [0.05, 0.1) is 10.9 Å². The van der Waals surface area contributed by atoms with Gasteiger partial charge in [0.15, 0.2) is 0 Å². The SMILES string of the molecule is O=S(=O)(c1ccc(OC(F)(F)F)cc1)N1C2CCC1CC(n1cncn1)C2. The maximum atomic E-state index is 13.1. The third-order valence-electron chi connectivity index (χ3n) is 5.08. The number of benzene rings is 1. The van der Waals surface area contributed by atoms with Crippen LogP contribution in [0.3, 0.4) is 0 Å². The lowest BCUT2D eigenvalue weighted by Crippen LogP contribution is -2.46. The zero-order valence-electron chi connectivity index (χ0n) is 14.1. The number of piperidine rings is 1.